The fourth-order valence-electron chi connectivity index (χ4n) is 1.63. The summed E-state index contributed by atoms with van der Waals surface area (Å²) in [5.74, 6) is -1.08. The van der Waals surface area contributed by atoms with Gasteiger partial charge in [-0.3, -0.25) is 9.59 Å². The molecule has 18 heavy (non-hydrogen) atoms. The number of ether oxygens (including phenoxy) is 1. The van der Waals surface area contributed by atoms with Crippen LogP contribution in [0.2, 0.25) is 0 Å². The number of carbonyl (C=O) groups excluding carboxylic acids is 1. The zero-order chi connectivity index (χ0) is 13.5. The second-order valence-corrected chi connectivity index (χ2v) is 4.34. The van der Waals surface area contributed by atoms with E-state index in [2.05, 4.69) is 0 Å². The van der Waals surface area contributed by atoms with Gasteiger partial charge in [-0.2, -0.15) is 0 Å². The van der Waals surface area contributed by atoms with Gasteiger partial charge in [0.05, 0.1) is 6.10 Å². The van der Waals surface area contributed by atoms with E-state index in [1.807, 2.05) is 19.9 Å². The molecule has 1 atom stereocenters. The molecule has 0 aliphatic carbocycles. The SMILES string of the molecule is CC(C)OC(CCC(=O)O)C(=O)c1ccccc1. The Balaban J connectivity index is 2.75. The van der Waals surface area contributed by atoms with E-state index >= 15 is 0 Å². The van der Waals surface area contributed by atoms with E-state index in [-0.39, 0.29) is 24.7 Å². The Labute approximate surface area is 107 Å². The summed E-state index contributed by atoms with van der Waals surface area (Å²) in [6.45, 7) is 3.65. The van der Waals surface area contributed by atoms with E-state index in [4.69, 9.17) is 9.84 Å². The fraction of sp³-hybridized carbons (Fsp3) is 0.429. The fourth-order valence-corrected chi connectivity index (χ4v) is 1.63. The number of hydrogen-bond donors (Lipinski definition) is 1. The molecule has 0 bridgehead atoms. The highest BCUT2D eigenvalue weighted by Crippen LogP contribution is 2.13. The molecule has 98 valence electrons. The summed E-state index contributed by atoms with van der Waals surface area (Å²) in [5, 5.41) is 8.68. The summed E-state index contributed by atoms with van der Waals surface area (Å²) >= 11 is 0. The second kappa shape index (κ2) is 6.91. The molecule has 0 aliphatic heterocycles. The van der Waals surface area contributed by atoms with Gasteiger partial charge >= 0.3 is 5.97 Å². The highest BCUT2D eigenvalue weighted by atomic mass is 16.5. The van der Waals surface area contributed by atoms with Crippen molar-refractivity contribution in [1.29, 1.82) is 0 Å². The predicted molar refractivity (Wildman–Crippen MR) is 67.7 cm³/mol. The van der Waals surface area contributed by atoms with Gasteiger partial charge in [0.1, 0.15) is 6.10 Å². The number of ketones is 1. The number of benzene rings is 1. The van der Waals surface area contributed by atoms with Crippen molar-refractivity contribution in [3.05, 3.63) is 35.9 Å². The van der Waals surface area contributed by atoms with Crippen LogP contribution < -0.4 is 0 Å². The van der Waals surface area contributed by atoms with E-state index in [1.165, 1.54) is 0 Å². The molecule has 1 aromatic rings. The number of Topliss-reactive ketones (excluding diaryl/α,β-unsaturated/α-hetero) is 1. The molecule has 0 saturated heterocycles. The van der Waals surface area contributed by atoms with Crippen molar-refractivity contribution >= 4 is 11.8 Å². The number of carboxylic acids is 1. The van der Waals surface area contributed by atoms with Crippen molar-refractivity contribution < 1.29 is 19.4 Å². The topological polar surface area (TPSA) is 63.6 Å². The third-order valence-corrected chi connectivity index (χ3v) is 2.41. The van der Waals surface area contributed by atoms with E-state index in [9.17, 15) is 9.59 Å². The smallest absolute Gasteiger partial charge is 0.303 e. The molecule has 0 saturated carbocycles. The van der Waals surface area contributed by atoms with Crippen molar-refractivity contribution in [3.8, 4) is 0 Å². The summed E-state index contributed by atoms with van der Waals surface area (Å²) in [7, 11) is 0. The molecule has 1 N–H and O–H groups in total. The van der Waals surface area contributed by atoms with E-state index in [1.54, 1.807) is 24.3 Å². The molecular formula is C14H18O4. The first-order valence-electron chi connectivity index (χ1n) is 5.97. The molecular weight excluding hydrogens is 232 g/mol. The number of carboxylic acid groups (broad SMARTS) is 1. The largest absolute Gasteiger partial charge is 0.481 e. The van der Waals surface area contributed by atoms with Crippen molar-refractivity contribution in [1.82, 2.24) is 0 Å². The maximum absolute atomic E-state index is 12.2. The highest BCUT2D eigenvalue weighted by molar-refractivity contribution is 5.99. The Kier molecular flexibility index (Phi) is 5.52. The van der Waals surface area contributed by atoms with Crippen LogP contribution in [-0.2, 0) is 9.53 Å². The van der Waals surface area contributed by atoms with Crippen LogP contribution in [0.1, 0.15) is 37.0 Å². The van der Waals surface area contributed by atoms with Crippen LogP contribution in [-0.4, -0.2) is 29.1 Å². The first-order chi connectivity index (χ1) is 8.50. The van der Waals surface area contributed by atoms with Gasteiger partial charge < -0.3 is 9.84 Å². The Morgan fingerprint density at radius 1 is 1.22 bits per heavy atom. The Hall–Kier alpha value is -1.68. The molecule has 1 unspecified atom stereocenters. The molecule has 1 rings (SSSR count). The molecule has 0 radical (unpaired) electrons. The molecule has 1 aromatic carbocycles. The molecule has 0 spiro atoms. The van der Waals surface area contributed by atoms with Crippen LogP contribution in [0.3, 0.4) is 0 Å². The van der Waals surface area contributed by atoms with Crippen molar-refractivity contribution in [2.24, 2.45) is 0 Å². The maximum atomic E-state index is 12.2. The van der Waals surface area contributed by atoms with Crippen LogP contribution in [0.25, 0.3) is 0 Å². The normalized spacial score (nSPS) is 12.4. The third-order valence-electron chi connectivity index (χ3n) is 2.41. The second-order valence-electron chi connectivity index (χ2n) is 4.34. The van der Waals surface area contributed by atoms with Crippen LogP contribution in [0.5, 0.6) is 0 Å². The average molecular weight is 250 g/mol. The van der Waals surface area contributed by atoms with Crippen molar-refractivity contribution in [2.75, 3.05) is 0 Å². The average Bonchev–Trinajstić information content (AvgIpc) is 2.34. The number of rotatable bonds is 7. The minimum Gasteiger partial charge on any atom is -0.481 e. The van der Waals surface area contributed by atoms with Crippen LogP contribution in [0, 0.1) is 0 Å². The summed E-state index contributed by atoms with van der Waals surface area (Å²) < 4.78 is 5.50. The molecule has 0 aliphatic rings. The predicted octanol–water partition coefficient (Wildman–Crippen LogP) is 2.53. The lowest BCUT2D eigenvalue weighted by molar-refractivity contribution is -0.137. The van der Waals surface area contributed by atoms with Gasteiger partial charge in [-0.05, 0) is 20.3 Å². The zero-order valence-electron chi connectivity index (χ0n) is 10.6. The first kappa shape index (κ1) is 14.4. The summed E-state index contributed by atoms with van der Waals surface area (Å²) in [4.78, 5) is 22.8. The lowest BCUT2D eigenvalue weighted by atomic mass is 10.0. The summed E-state index contributed by atoms with van der Waals surface area (Å²) in [6, 6.07) is 8.79. The highest BCUT2D eigenvalue weighted by Gasteiger charge is 2.22. The molecule has 0 fully saturated rings. The Morgan fingerprint density at radius 3 is 2.33 bits per heavy atom. The monoisotopic (exact) mass is 250 g/mol. The van der Waals surface area contributed by atoms with E-state index in [0.29, 0.717) is 5.56 Å². The van der Waals surface area contributed by atoms with Gasteiger partial charge in [0.2, 0.25) is 0 Å². The lowest BCUT2D eigenvalue weighted by Crippen LogP contribution is -2.28. The zero-order valence-corrected chi connectivity index (χ0v) is 10.6. The Bertz CT molecular complexity index is 398. The number of carbonyl (C=O) groups is 2. The molecule has 0 aromatic heterocycles. The number of hydrogen-bond acceptors (Lipinski definition) is 3. The standard InChI is InChI=1S/C14H18O4/c1-10(2)18-12(8-9-13(15)16)14(17)11-6-4-3-5-7-11/h3-7,10,12H,8-9H2,1-2H3,(H,15,16). The van der Waals surface area contributed by atoms with Crippen LogP contribution in [0.15, 0.2) is 30.3 Å². The lowest BCUT2D eigenvalue weighted by Gasteiger charge is -2.18. The minimum absolute atomic E-state index is 0.0735. The number of aliphatic carboxylic acids is 1. The minimum atomic E-state index is -0.923. The summed E-state index contributed by atoms with van der Waals surface area (Å²) in [5.41, 5.74) is 0.550. The molecule has 0 heterocycles. The van der Waals surface area contributed by atoms with Crippen molar-refractivity contribution in [3.63, 3.8) is 0 Å². The third kappa shape index (κ3) is 4.67. The van der Waals surface area contributed by atoms with Gasteiger partial charge in [0, 0.05) is 12.0 Å². The quantitative estimate of drug-likeness (QED) is 0.755. The van der Waals surface area contributed by atoms with Gasteiger partial charge in [0.15, 0.2) is 5.78 Å². The van der Waals surface area contributed by atoms with Gasteiger partial charge in [0.25, 0.3) is 0 Å². The Morgan fingerprint density at radius 2 is 1.83 bits per heavy atom. The van der Waals surface area contributed by atoms with Crippen LogP contribution >= 0.6 is 0 Å². The summed E-state index contributed by atoms with van der Waals surface area (Å²) in [6.07, 6.45) is -0.683. The molecule has 0 amide bonds. The molecule has 4 heteroatoms. The molecule has 4 nitrogen and oxygen atoms in total. The van der Waals surface area contributed by atoms with Crippen LogP contribution in [0.4, 0.5) is 0 Å². The van der Waals surface area contributed by atoms with E-state index < -0.39 is 12.1 Å². The van der Waals surface area contributed by atoms with E-state index in [0.717, 1.165) is 0 Å². The van der Waals surface area contributed by atoms with Crippen molar-refractivity contribution in [2.45, 2.75) is 38.9 Å². The van der Waals surface area contributed by atoms with Gasteiger partial charge in [-0.1, -0.05) is 30.3 Å². The van der Waals surface area contributed by atoms with Gasteiger partial charge in [-0.25, -0.2) is 0 Å². The first-order valence-corrected chi connectivity index (χ1v) is 5.97. The maximum Gasteiger partial charge on any atom is 0.303 e. The van der Waals surface area contributed by atoms with Gasteiger partial charge in [-0.15, -0.1) is 0 Å².